The summed E-state index contributed by atoms with van der Waals surface area (Å²) in [4.78, 5) is 12.7. The summed E-state index contributed by atoms with van der Waals surface area (Å²) in [6.07, 6.45) is -4.52. The highest BCUT2D eigenvalue weighted by molar-refractivity contribution is 6.31. The monoisotopic (exact) mass is 437 g/mol. The van der Waals surface area contributed by atoms with E-state index in [2.05, 4.69) is 5.32 Å². The summed E-state index contributed by atoms with van der Waals surface area (Å²) in [5.41, 5.74) is 0.544. The molecule has 0 aliphatic heterocycles. The summed E-state index contributed by atoms with van der Waals surface area (Å²) >= 11 is 11.6. The lowest BCUT2D eigenvalue weighted by Gasteiger charge is -2.21. The number of nitrogens with one attached hydrogen (secondary N) is 1. The van der Waals surface area contributed by atoms with Crippen LogP contribution >= 0.6 is 23.2 Å². The van der Waals surface area contributed by atoms with Crippen LogP contribution < -0.4 is 5.32 Å². The predicted molar refractivity (Wildman–Crippen MR) is 110 cm³/mol. The van der Waals surface area contributed by atoms with E-state index in [0.717, 1.165) is 11.6 Å². The van der Waals surface area contributed by atoms with Crippen molar-refractivity contribution in [3.05, 3.63) is 99.5 Å². The molecule has 7 heteroatoms. The van der Waals surface area contributed by atoms with Crippen molar-refractivity contribution in [2.75, 3.05) is 5.32 Å². The van der Waals surface area contributed by atoms with Crippen molar-refractivity contribution in [1.29, 1.82) is 0 Å². The van der Waals surface area contributed by atoms with Gasteiger partial charge in [0.2, 0.25) is 0 Å². The van der Waals surface area contributed by atoms with Crippen LogP contribution in [0.2, 0.25) is 10.0 Å². The molecule has 1 N–H and O–H groups in total. The number of carbonyl (C=O) groups is 1. The number of ketones is 1. The molecule has 0 aliphatic rings. The molecule has 29 heavy (non-hydrogen) atoms. The number of Topliss-reactive ketones (excluding diaryl/α,β-unsaturated/α-hetero) is 1. The normalized spacial score (nSPS) is 12.4. The lowest BCUT2D eigenvalue weighted by Crippen LogP contribution is -2.16. The zero-order valence-corrected chi connectivity index (χ0v) is 16.5. The number of carbonyl (C=O) groups excluding carboxylic acids is 1. The van der Waals surface area contributed by atoms with Gasteiger partial charge in [0.05, 0.1) is 16.6 Å². The average molecular weight is 438 g/mol. The van der Waals surface area contributed by atoms with E-state index in [1.54, 1.807) is 36.4 Å². The van der Waals surface area contributed by atoms with E-state index < -0.39 is 17.8 Å². The van der Waals surface area contributed by atoms with Gasteiger partial charge in [0, 0.05) is 22.7 Å². The molecule has 3 aromatic rings. The first-order chi connectivity index (χ1) is 13.7. The highest BCUT2D eigenvalue weighted by Crippen LogP contribution is 2.37. The zero-order valence-electron chi connectivity index (χ0n) is 15.0. The maximum absolute atomic E-state index is 13.2. The topological polar surface area (TPSA) is 29.1 Å². The molecule has 3 rings (SSSR count). The van der Waals surface area contributed by atoms with Crippen LogP contribution in [-0.2, 0) is 6.18 Å². The van der Waals surface area contributed by atoms with Crippen LogP contribution in [0.3, 0.4) is 0 Å². The van der Waals surface area contributed by atoms with Crippen molar-refractivity contribution in [3.8, 4) is 0 Å². The first-order valence-electron chi connectivity index (χ1n) is 8.71. The van der Waals surface area contributed by atoms with Gasteiger partial charge in [-0.05, 0) is 48.0 Å². The lowest BCUT2D eigenvalue weighted by molar-refractivity contribution is -0.137. The molecule has 0 bridgehead atoms. The molecule has 150 valence electrons. The van der Waals surface area contributed by atoms with Crippen molar-refractivity contribution < 1.29 is 18.0 Å². The molecule has 0 saturated carbocycles. The smallest absolute Gasteiger partial charge is 0.378 e. The first-order valence-corrected chi connectivity index (χ1v) is 9.46. The second-order valence-corrected chi connectivity index (χ2v) is 7.28. The molecule has 1 atom stereocenters. The molecular formula is C22H16Cl2F3NO. The Morgan fingerprint density at radius 3 is 2.21 bits per heavy atom. The van der Waals surface area contributed by atoms with Gasteiger partial charge >= 0.3 is 6.18 Å². The van der Waals surface area contributed by atoms with Crippen molar-refractivity contribution in [3.63, 3.8) is 0 Å². The van der Waals surface area contributed by atoms with E-state index in [1.165, 1.54) is 12.1 Å². The third kappa shape index (κ3) is 5.52. The Hall–Kier alpha value is -2.50. The molecule has 0 amide bonds. The summed E-state index contributed by atoms with van der Waals surface area (Å²) in [5, 5.41) is 3.18. The molecule has 0 aromatic heterocycles. The van der Waals surface area contributed by atoms with Crippen molar-refractivity contribution in [2.24, 2.45) is 0 Å². The molecule has 0 aliphatic carbocycles. The van der Waals surface area contributed by atoms with Gasteiger partial charge < -0.3 is 5.32 Å². The first kappa shape index (κ1) is 21.2. The second-order valence-electron chi connectivity index (χ2n) is 6.43. The van der Waals surface area contributed by atoms with Crippen molar-refractivity contribution >= 4 is 34.7 Å². The van der Waals surface area contributed by atoms with Crippen LogP contribution in [0.25, 0.3) is 0 Å². The van der Waals surface area contributed by atoms with Crippen LogP contribution in [0.15, 0.2) is 72.8 Å². The lowest BCUT2D eigenvalue weighted by atomic mass is 9.97. The minimum absolute atomic E-state index is 0.0512. The van der Waals surface area contributed by atoms with Crippen LogP contribution in [0, 0.1) is 0 Å². The number of halogens is 5. The van der Waals surface area contributed by atoms with Crippen LogP contribution in [0.5, 0.6) is 0 Å². The summed E-state index contributed by atoms with van der Waals surface area (Å²) in [6, 6.07) is 18.6. The van der Waals surface area contributed by atoms with Crippen LogP contribution in [0.4, 0.5) is 18.9 Å². The Balaban J connectivity index is 1.89. The van der Waals surface area contributed by atoms with Gasteiger partial charge in [-0.1, -0.05) is 53.5 Å². The standard InChI is InChI=1S/C22H16Cl2F3NO/c23-16-8-6-15(7-9-16)21(29)13-20(14-4-2-1-3-5-14)28-17-10-11-19(24)18(12-17)22(25,26)27/h1-12,20,28H,13H2. The van der Waals surface area contributed by atoms with Crippen molar-refractivity contribution in [1.82, 2.24) is 0 Å². The number of benzene rings is 3. The number of alkyl halides is 3. The molecule has 0 spiro atoms. The highest BCUT2D eigenvalue weighted by atomic mass is 35.5. The van der Waals surface area contributed by atoms with Gasteiger partial charge in [0.15, 0.2) is 5.78 Å². The Kier molecular flexibility index (Phi) is 6.50. The number of anilines is 1. The minimum Gasteiger partial charge on any atom is -0.378 e. The molecule has 0 saturated heterocycles. The fraction of sp³-hybridized carbons (Fsp3) is 0.136. The number of hydrogen-bond acceptors (Lipinski definition) is 2. The van der Waals surface area contributed by atoms with Gasteiger partial charge in [-0.2, -0.15) is 13.2 Å². The second kappa shape index (κ2) is 8.89. The molecular weight excluding hydrogens is 422 g/mol. The Labute approximate surface area is 176 Å². The van der Waals surface area contributed by atoms with E-state index in [-0.39, 0.29) is 22.9 Å². The molecule has 0 radical (unpaired) electrons. The van der Waals surface area contributed by atoms with E-state index in [4.69, 9.17) is 23.2 Å². The van der Waals surface area contributed by atoms with Crippen LogP contribution in [0.1, 0.15) is 33.9 Å². The molecule has 3 aromatic carbocycles. The van der Waals surface area contributed by atoms with E-state index >= 15 is 0 Å². The quantitative estimate of drug-likeness (QED) is 0.406. The van der Waals surface area contributed by atoms with Gasteiger partial charge in [-0.15, -0.1) is 0 Å². The largest absolute Gasteiger partial charge is 0.417 e. The summed E-state index contributed by atoms with van der Waals surface area (Å²) < 4.78 is 39.5. The molecule has 0 fully saturated rings. The number of hydrogen-bond donors (Lipinski definition) is 1. The third-order valence-corrected chi connectivity index (χ3v) is 4.95. The fourth-order valence-corrected chi connectivity index (χ4v) is 3.26. The summed E-state index contributed by atoms with van der Waals surface area (Å²) in [7, 11) is 0. The van der Waals surface area contributed by atoms with E-state index in [0.29, 0.717) is 10.6 Å². The minimum atomic E-state index is -4.57. The average Bonchev–Trinajstić information content (AvgIpc) is 2.69. The van der Waals surface area contributed by atoms with Gasteiger partial charge in [-0.25, -0.2) is 0 Å². The molecule has 1 unspecified atom stereocenters. The Morgan fingerprint density at radius 1 is 0.931 bits per heavy atom. The van der Waals surface area contributed by atoms with E-state index in [9.17, 15) is 18.0 Å². The third-order valence-electron chi connectivity index (χ3n) is 4.37. The van der Waals surface area contributed by atoms with Gasteiger partial charge in [-0.3, -0.25) is 4.79 Å². The SMILES string of the molecule is O=C(CC(Nc1ccc(Cl)c(C(F)(F)F)c1)c1ccccc1)c1ccc(Cl)cc1. The van der Waals surface area contributed by atoms with Gasteiger partial charge in [0.1, 0.15) is 0 Å². The molecule has 2 nitrogen and oxygen atoms in total. The molecule has 0 heterocycles. The van der Waals surface area contributed by atoms with Gasteiger partial charge in [0.25, 0.3) is 0 Å². The predicted octanol–water partition coefficient (Wildman–Crippen LogP) is 7.44. The fourth-order valence-electron chi connectivity index (χ4n) is 2.91. The van der Waals surface area contributed by atoms with Crippen LogP contribution in [-0.4, -0.2) is 5.78 Å². The number of rotatable bonds is 6. The maximum atomic E-state index is 13.2. The zero-order chi connectivity index (χ0) is 21.0. The van der Waals surface area contributed by atoms with E-state index in [1.807, 2.05) is 18.2 Å². The maximum Gasteiger partial charge on any atom is 0.417 e. The Bertz CT molecular complexity index is 989. The highest BCUT2D eigenvalue weighted by Gasteiger charge is 2.33. The Morgan fingerprint density at radius 2 is 1.59 bits per heavy atom. The summed E-state index contributed by atoms with van der Waals surface area (Å²) in [6.45, 7) is 0. The van der Waals surface area contributed by atoms with Crippen molar-refractivity contribution in [2.45, 2.75) is 18.6 Å². The summed E-state index contributed by atoms with van der Waals surface area (Å²) in [5.74, 6) is -0.159.